The predicted molar refractivity (Wildman–Crippen MR) is 42.3 cm³/mol. The molecular weight excluding hydrogens is 110 g/mol. The lowest BCUT2D eigenvalue weighted by Gasteiger charge is -2.16. The molecular formula is C8H19N. The lowest BCUT2D eigenvalue weighted by Crippen LogP contribution is -2.25. The van der Waals surface area contributed by atoms with Crippen LogP contribution in [0.1, 0.15) is 34.1 Å². The zero-order valence-electron chi connectivity index (χ0n) is 7.02. The van der Waals surface area contributed by atoms with Crippen LogP contribution in [-0.4, -0.2) is 6.04 Å². The van der Waals surface area contributed by atoms with Crippen LogP contribution in [-0.2, 0) is 0 Å². The highest BCUT2D eigenvalue weighted by Gasteiger charge is 2.08. The maximum absolute atomic E-state index is 5.68. The van der Waals surface area contributed by atoms with Gasteiger partial charge in [-0.25, -0.2) is 0 Å². The summed E-state index contributed by atoms with van der Waals surface area (Å²) in [6, 6.07) is 0.354. The molecule has 56 valence electrons. The van der Waals surface area contributed by atoms with Crippen molar-refractivity contribution in [2.24, 2.45) is 17.6 Å². The zero-order valence-corrected chi connectivity index (χ0v) is 7.02. The third kappa shape index (κ3) is 4.46. The highest BCUT2D eigenvalue weighted by Crippen LogP contribution is 2.12. The molecule has 2 N–H and O–H groups in total. The molecule has 0 radical (unpaired) electrons. The van der Waals surface area contributed by atoms with Crippen LogP contribution >= 0.6 is 0 Å². The van der Waals surface area contributed by atoms with Crippen LogP contribution in [0.3, 0.4) is 0 Å². The van der Waals surface area contributed by atoms with E-state index in [2.05, 4.69) is 27.7 Å². The highest BCUT2D eigenvalue weighted by molar-refractivity contribution is 4.64. The number of hydrogen-bond donors (Lipinski definition) is 1. The Morgan fingerprint density at radius 2 is 1.56 bits per heavy atom. The van der Waals surface area contributed by atoms with E-state index in [1.54, 1.807) is 0 Å². The Bertz CT molecular complexity index is 67.0. The lowest BCUT2D eigenvalue weighted by atomic mass is 9.94. The Kier molecular flexibility index (Phi) is 3.87. The summed E-state index contributed by atoms with van der Waals surface area (Å²) in [6.07, 6.45) is 1.25. The van der Waals surface area contributed by atoms with E-state index in [4.69, 9.17) is 5.73 Å². The summed E-state index contributed by atoms with van der Waals surface area (Å²) < 4.78 is 0. The molecule has 0 saturated carbocycles. The molecule has 0 fully saturated rings. The van der Waals surface area contributed by atoms with Crippen molar-refractivity contribution in [2.75, 3.05) is 0 Å². The van der Waals surface area contributed by atoms with Crippen molar-refractivity contribution in [3.63, 3.8) is 0 Å². The van der Waals surface area contributed by atoms with Gasteiger partial charge in [0.25, 0.3) is 0 Å². The minimum atomic E-state index is 0.354. The fourth-order valence-electron chi connectivity index (χ4n) is 0.958. The van der Waals surface area contributed by atoms with Crippen LogP contribution < -0.4 is 5.73 Å². The van der Waals surface area contributed by atoms with Crippen LogP contribution in [0.5, 0.6) is 0 Å². The molecule has 1 unspecified atom stereocenters. The Morgan fingerprint density at radius 1 is 1.11 bits per heavy atom. The second-order valence-electron chi connectivity index (χ2n) is 3.47. The molecule has 0 aliphatic heterocycles. The summed E-state index contributed by atoms with van der Waals surface area (Å²) in [4.78, 5) is 0. The highest BCUT2D eigenvalue weighted by atomic mass is 14.6. The van der Waals surface area contributed by atoms with Crippen LogP contribution in [0.15, 0.2) is 0 Å². The maximum atomic E-state index is 5.68. The molecule has 0 rings (SSSR count). The van der Waals surface area contributed by atoms with Gasteiger partial charge in [0, 0.05) is 6.04 Å². The van der Waals surface area contributed by atoms with E-state index >= 15 is 0 Å². The monoisotopic (exact) mass is 129 g/mol. The van der Waals surface area contributed by atoms with Gasteiger partial charge < -0.3 is 5.73 Å². The van der Waals surface area contributed by atoms with E-state index in [0.29, 0.717) is 12.0 Å². The minimum absolute atomic E-state index is 0.354. The fraction of sp³-hybridized carbons (Fsp3) is 1.00. The van der Waals surface area contributed by atoms with Gasteiger partial charge in [0.2, 0.25) is 0 Å². The summed E-state index contributed by atoms with van der Waals surface area (Å²) >= 11 is 0. The van der Waals surface area contributed by atoms with Gasteiger partial charge >= 0.3 is 0 Å². The molecule has 1 nitrogen and oxygen atoms in total. The third-order valence-electron chi connectivity index (χ3n) is 1.74. The van der Waals surface area contributed by atoms with E-state index in [0.717, 1.165) is 5.92 Å². The summed E-state index contributed by atoms with van der Waals surface area (Å²) in [5.74, 6) is 1.45. The van der Waals surface area contributed by atoms with Gasteiger partial charge in [-0.2, -0.15) is 0 Å². The first kappa shape index (κ1) is 8.96. The van der Waals surface area contributed by atoms with Crippen LogP contribution in [0.4, 0.5) is 0 Å². The second kappa shape index (κ2) is 3.89. The van der Waals surface area contributed by atoms with Crippen LogP contribution in [0, 0.1) is 11.8 Å². The Balaban J connectivity index is 3.38. The molecule has 0 amide bonds. The summed E-state index contributed by atoms with van der Waals surface area (Å²) in [7, 11) is 0. The van der Waals surface area contributed by atoms with Crippen LogP contribution in [0.25, 0.3) is 0 Å². The van der Waals surface area contributed by atoms with Gasteiger partial charge in [-0.1, -0.05) is 20.8 Å². The van der Waals surface area contributed by atoms with Gasteiger partial charge in [0.1, 0.15) is 0 Å². The van der Waals surface area contributed by atoms with Crippen molar-refractivity contribution < 1.29 is 0 Å². The topological polar surface area (TPSA) is 26.0 Å². The first-order valence-electron chi connectivity index (χ1n) is 3.79. The summed E-state index contributed by atoms with van der Waals surface area (Å²) in [5.41, 5.74) is 5.68. The minimum Gasteiger partial charge on any atom is -0.328 e. The summed E-state index contributed by atoms with van der Waals surface area (Å²) in [5, 5.41) is 0. The van der Waals surface area contributed by atoms with E-state index in [1.807, 2.05) is 0 Å². The Morgan fingerprint density at radius 3 is 1.67 bits per heavy atom. The molecule has 0 saturated heterocycles. The van der Waals surface area contributed by atoms with Gasteiger partial charge in [0.05, 0.1) is 0 Å². The smallest absolute Gasteiger partial charge is 0.00362 e. The van der Waals surface area contributed by atoms with Crippen molar-refractivity contribution in [1.29, 1.82) is 0 Å². The van der Waals surface area contributed by atoms with Crippen LogP contribution in [0.2, 0.25) is 0 Å². The van der Waals surface area contributed by atoms with E-state index in [-0.39, 0.29) is 0 Å². The first-order valence-corrected chi connectivity index (χ1v) is 3.79. The van der Waals surface area contributed by atoms with Gasteiger partial charge in [-0.15, -0.1) is 0 Å². The molecule has 0 bridgehead atoms. The Labute approximate surface area is 58.6 Å². The molecule has 0 aromatic heterocycles. The average Bonchev–Trinajstić information content (AvgIpc) is 1.63. The number of rotatable bonds is 3. The molecule has 0 aromatic carbocycles. The van der Waals surface area contributed by atoms with E-state index in [9.17, 15) is 0 Å². The molecule has 0 heterocycles. The van der Waals surface area contributed by atoms with Crippen molar-refractivity contribution in [2.45, 2.75) is 40.2 Å². The van der Waals surface area contributed by atoms with Gasteiger partial charge in [-0.3, -0.25) is 0 Å². The molecule has 1 heteroatoms. The predicted octanol–water partition coefficient (Wildman–Crippen LogP) is 2.02. The van der Waals surface area contributed by atoms with Crippen molar-refractivity contribution >= 4 is 0 Å². The molecule has 2 atom stereocenters. The molecule has 0 aliphatic rings. The molecule has 9 heavy (non-hydrogen) atoms. The van der Waals surface area contributed by atoms with E-state index in [1.165, 1.54) is 6.42 Å². The first-order chi connectivity index (χ1) is 4.04. The van der Waals surface area contributed by atoms with Crippen molar-refractivity contribution in [1.82, 2.24) is 0 Å². The van der Waals surface area contributed by atoms with Gasteiger partial charge in [0.15, 0.2) is 0 Å². The largest absolute Gasteiger partial charge is 0.328 e. The van der Waals surface area contributed by atoms with Crippen molar-refractivity contribution in [3.05, 3.63) is 0 Å². The third-order valence-corrected chi connectivity index (χ3v) is 1.74. The van der Waals surface area contributed by atoms with E-state index < -0.39 is 0 Å². The van der Waals surface area contributed by atoms with Crippen molar-refractivity contribution in [3.8, 4) is 0 Å². The van der Waals surface area contributed by atoms with Gasteiger partial charge in [-0.05, 0) is 25.2 Å². The quantitative estimate of drug-likeness (QED) is 0.620. The standard InChI is InChI=1S/C8H19N/c1-6(2)5-7(3)8(4)9/h6-8H,5,9H2,1-4H3/t7?,8-/m0/s1. The number of nitrogens with two attached hydrogens (primary N) is 1. The summed E-state index contributed by atoms with van der Waals surface area (Å²) in [6.45, 7) is 8.76. The molecule has 0 aliphatic carbocycles. The maximum Gasteiger partial charge on any atom is 0.00362 e. The number of hydrogen-bond acceptors (Lipinski definition) is 1. The Hall–Kier alpha value is -0.0400. The SMILES string of the molecule is CC(C)CC(C)[C@H](C)N. The molecule has 0 spiro atoms. The normalized spacial score (nSPS) is 18.0. The zero-order chi connectivity index (χ0) is 7.44. The average molecular weight is 129 g/mol. The lowest BCUT2D eigenvalue weighted by molar-refractivity contribution is 0.388. The fourth-order valence-corrected chi connectivity index (χ4v) is 0.958. The second-order valence-corrected chi connectivity index (χ2v) is 3.47. The molecule has 0 aromatic rings.